The molecule has 0 unspecified atom stereocenters. The van der Waals surface area contributed by atoms with Gasteiger partial charge in [-0.3, -0.25) is 0 Å². The molecule has 30 N–H and O–H groups in total. The summed E-state index contributed by atoms with van der Waals surface area (Å²) in [7, 11) is -21.7. The van der Waals surface area contributed by atoms with Gasteiger partial charge in [-0.15, -0.1) is 0 Å². The van der Waals surface area contributed by atoms with Crippen LogP contribution < -0.4 is 0 Å². The molecule has 0 heterocycles. The van der Waals surface area contributed by atoms with E-state index in [2.05, 4.69) is 0 Å². The van der Waals surface area contributed by atoms with Crippen LogP contribution in [0.4, 0.5) is 0 Å². The summed E-state index contributed by atoms with van der Waals surface area (Å²) in [6.07, 6.45) is 0. The Hall–Kier alpha value is 2.72. The Morgan fingerprint density at radius 1 is 0.119 bits per heavy atom. The number of rotatable bonds is 0. The van der Waals surface area contributed by atoms with Gasteiger partial charge >= 0.3 is 176 Å². The van der Waals surface area contributed by atoms with E-state index >= 15 is 0 Å². The predicted octanol–water partition coefficient (Wildman–Crippen LogP) is -21.8. The molecule has 30 nitrogen and oxygen atoms in total. The van der Waals surface area contributed by atoms with E-state index < -0.39 is 73.2 Å². The van der Waals surface area contributed by atoms with Crippen molar-refractivity contribution in [3.8, 4) is 0 Å². The van der Waals surface area contributed by atoms with Crippen LogP contribution in [0.25, 0.3) is 0 Å². The zero-order chi connectivity index (χ0) is 35.8. The first-order valence-corrected chi connectivity index (χ1v) is 7.75. The zero-order valence-electron chi connectivity index (χ0n) is 19.2. The second-order valence-electron chi connectivity index (χ2n) is 3.46. The van der Waals surface area contributed by atoms with Gasteiger partial charge in [0.15, 0.2) is 0 Å². The van der Waals surface area contributed by atoms with Gasteiger partial charge < -0.3 is 151 Å². The molecule has 0 aliphatic rings. The Morgan fingerprint density at radius 2 is 0.119 bits per heavy atom. The third-order valence-electron chi connectivity index (χ3n) is 0. The molecule has 244 valence electrons. The molecule has 0 amide bonds. The first-order valence-electron chi connectivity index (χ1n) is 7.75. The Balaban J connectivity index is -0.0000000237. The predicted molar refractivity (Wildman–Crippen MR) is 138 cm³/mol. The molecule has 0 atom stereocenters. The molecule has 0 spiro atoms. The molecule has 0 radical (unpaired) electrons. The van der Waals surface area contributed by atoms with Gasteiger partial charge in [0, 0.05) is 0 Å². The summed E-state index contributed by atoms with van der Waals surface area (Å²) in [6.45, 7) is 0. The molecule has 0 rings (SSSR count). The fraction of sp³-hybridized carbons (Fsp3) is 0. The zero-order valence-corrected chi connectivity index (χ0v) is 19.2. The van der Waals surface area contributed by atoms with Crippen LogP contribution in [-0.2, 0) is 0 Å². The second-order valence-corrected chi connectivity index (χ2v) is 3.46. The topological polar surface area (TPSA) is 607 Å². The average molecular weight is 699 g/mol. The van der Waals surface area contributed by atoms with Gasteiger partial charge in [-0.1, -0.05) is 0 Å². The molecule has 0 saturated carbocycles. The molecular formula is H32B10K2O30. The van der Waals surface area contributed by atoms with E-state index in [9.17, 15) is 0 Å². The van der Waals surface area contributed by atoms with Crippen molar-refractivity contribution in [3.63, 3.8) is 0 Å². The maximum absolute atomic E-state index is 7.17. The van der Waals surface area contributed by atoms with E-state index in [0.717, 1.165) is 0 Å². The first kappa shape index (κ1) is 79.8. The minimum absolute atomic E-state index is 0. The fourth-order valence-corrected chi connectivity index (χ4v) is 0. The molecule has 0 aromatic carbocycles. The van der Waals surface area contributed by atoms with Crippen molar-refractivity contribution in [3.05, 3.63) is 0 Å². The summed E-state index contributed by atoms with van der Waals surface area (Å²) in [5.41, 5.74) is 0. The summed E-state index contributed by atoms with van der Waals surface area (Å²) in [5, 5.41) is 215. The SMILES string of the molecule is OB(O)O.OB(O)O.OB(O)O.OB(O)O.OB(O)O.OB(O)O.OB(O)O.OB(O)O.OB(O)O.OB(O)O.[KH].[KH]. The summed E-state index contributed by atoms with van der Waals surface area (Å²) >= 11 is 0. The van der Waals surface area contributed by atoms with E-state index in [4.69, 9.17) is 151 Å². The van der Waals surface area contributed by atoms with Crippen LogP contribution in [0.3, 0.4) is 0 Å². The Labute approximate surface area is 322 Å². The third kappa shape index (κ3) is 10000. The average Bonchev–Trinajstić information content (AvgIpc) is 2.47. The summed E-state index contributed by atoms with van der Waals surface area (Å²) in [5.74, 6) is 0. The van der Waals surface area contributed by atoms with Crippen molar-refractivity contribution in [1.82, 2.24) is 0 Å². The Bertz CT molecular complexity index is 191. The van der Waals surface area contributed by atoms with Gasteiger partial charge in [0.1, 0.15) is 0 Å². The Kier molecular flexibility index (Phi) is 142. The normalized spacial score (nSPS) is 6.43. The van der Waals surface area contributed by atoms with Crippen molar-refractivity contribution in [1.29, 1.82) is 0 Å². The number of hydrogen-bond donors (Lipinski definition) is 30. The van der Waals surface area contributed by atoms with Crippen molar-refractivity contribution in [2.24, 2.45) is 0 Å². The van der Waals surface area contributed by atoms with E-state index in [-0.39, 0.29) is 103 Å². The molecule has 42 heavy (non-hydrogen) atoms. The third-order valence-corrected chi connectivity index (χ3v) is 0. The molecule has 0 aromatic rings. The summed E-state index contributed by atoms with van der Waals surface area (Å²) in [6, 6.07) is 0. The quantitative estimate of drug-likeness (QED) is 0.104. The van der Waals surface area contributed by atoms with E-state index in [0.29, 0.717) is 0 Å². The monoisotopic (exact) mass is 700 g/mol. The van der Waals surface area contributed by atoms with Crippen LogP contribution in [0.2, 0.25) is 0 Å². The van der Waals surface area contributed by atoms with Crippen LogP contribution in [0.5, 0.6) is 0 Å². The maximum atomic E-state index is 7.17. The van der Waals surface area contributed by atoms with Crippen LogP contribution in [0.1, 0.15) is 0 Å². The van der Waals surface area contributed by atoms with Crippen LogP contribution in [0, 0.1) is 0 Å². The van der Waals surface area contributed by atoms with Crippen LogP contribution >= 0.6 is 0 Å². The van der Waals surface area contributed by atoms with Crippen LogP contribution in [-0.4, -0.2) is 327 Å². The van der Waals surface area contributed by atoms with Crippen molar-refractivity contribution in [2.45, 2.75) is 0 Å². The molecule has 0 fully saturated rings. The second kappa shape index (κ2) is 74.5. The summed E-state index contributed by atoms with van der Waals surface area (Å²) < 4.78 is 0. The van der Waals surface area contributed by atoms with Crippen molar-refractivity contribution < 1.29 is 151 Å². The van der Waals surface area contributed by atoms with Gasteiger partial charge in [-0.2, -0.15) is 0 Å². The van der Waals surface area contributed by atoms with Gasteiger partial charge in [-0.25, -0.2) is 0 Å². The molecule has 42 heteroatoms. The van der Waals surface area contributed by atoms with Crippen LogP contribution in [0.15, 0.2) is 0 Å². The first-order chi connectivity index (χ1) is 17.3. The van der Waals surface area contributed by atoms with Crippen molar-refractivity contribution in [2.75, 3.05) is 0 Å². The molecular weight excluding hydrogens is 666 g/mol. The fourth-order valence-electron chi connectivity index (χ4n) is 0. The standard InChI is InChI=1S/10BH3O3.2K.2H/c10*2-1(3)4;;;;/h10*2-4H;;;;. The summed E-state index contributed by atoms with van der Waals surface area (Å²) in [4.78, 5) is 0. The molecule has 0 saturated heterocycles. The minimum atomic E-state index is -2.17. The number of hydrogen-bond acceptors (Lipinski definition) is 30. The van der Waals surface area contributed by atoms with Gasteiger partial charge in [-0.05, 0) is 0 Å². The van der Waals surface area contributed by atoms with Gasteiger partial charge in [0.2, 0.25) is 0 Å². The van der Waals surface area contributed by atoms with Gasteiger partial charge in [0.25, 0.3) is 0 Å². The molecule has 0 aliphatic heterocycles. The molecule has 0 aliphatic carbocycles. The van der Waals surface area contributed by atoms with E-state index in [1.165, 1.54) is 0 Å². The van der Waals surface area contributed by atoms with E-state index in [1.54, 1.807) is 0 Å². The van der Waals surface area contributed by atoms with Crippen molar-refractivity contribution >= 4 is 176 Å². The molecule has 0 bridgehead atoms. The van der Waals surface area contributed by atoms with Gasteiger partial charge in [0.05, 0.1) is 0 Å². The Morgan fingerprint density at radius 3 is 0.119 bits per heavy atom. The molecule has 0 aromatic heterocycles. The van der Waals surface area contributed by atoms with E-state index in [1.807, 2.05) is 0 Å².